The molecule has 4 rings (SSSR count). The molecular weight excluding hydrogens is 415 g/mol. The van der Waals surface area contributed by atoms with Crippen LogP contribution in [0.3, 0.4) is 0 Å². The highest BCUT2D eigenvalue weighted by Crippen LogP contribution is 2.50. The molecule has 1 unspecified atom stereocenters. The van der Waals surface area contributed by atoms with Crippen molar-refractivity contribution in [3.05, 3.63) is 62.7 Å². The highest BCUT2D eigenvalue weighted by molar-refractivity contribution is 7.18. The van der Waals surface area contributed by atoms with Gasteiger partial charge in [-0.05, 0) is 49.9 Å². The number of ether oxygens (including phenoxy) is 1. The molecule has 0 radical (unpaired) electrons. The number of ketones is 1. The number of esters is 1. The molecule has 2 aromatic rings. The van der Waals surface area contributed by atoms with Gasteiger partial charge >= 0.3 is 12.1 Å². The number of allylic oxidation sites excluding steroid dienone is 2. The van der Waals surface area contributed by atoms with Crippen LogP contribution < -0.4 is 5.32 Å². The number of carbonyl (C=O) groups is 2. The zero-order valence-corrected chi connectivity index (χ0v) is 17.3. The summed E-state index contributed by atoms with van der Waals surface area (Å²) >= 11 is 1.26. The third-order valence-electron chi connectivity index (χ3n) is 5.52. The number of fused-ring (bicyclic) bond motifs is 1. The van der Waals surface area contributed by atoms with E-state index in [-0.39, 0.29) is 12.4 Å². The molecule has 1 aromatic carbocycles. The number of Topliss-reactive ketones (excluding diaryl/α,β-unsaturated/α-hetero) is 1. The van der Waals surface area contributed by atoms with Gasteiger partial charge in [-0.2, -0.15) is 13.2 Å². The minimum Gasteiger partial charge on any atom is -0.462 e. The maximum absolute atomic E-state index is 13.0. The standard InChI is InChI=1S/C22H20F3NO3S/c1-3-29-21(28)19-11(2)16-17(12-7-9-13(10-8-12)22(23,24)25)18-14(26-20(16)30-19)5-4-6-15(18)27/h7-10,17,26H,3-6H2,1-2H3. The second-order valence-corrected chi connectivity index (χ2v) is 8.39. The molecule has 1 aliphatic carbocycles. The largest absolute Gasteiger partial charge is 0.462 e. The van der Waals surface area contributed by atoms with Gasteiger partial charge in [0.25, 0.3) is 0 Å². The van der Waals surface area contributed by atoms with Gasteiger partial charge in [0.15, 0.2) is 5.78 Å². The van der Waals surface area contributed by atoms with Gasteiger partial charge in [0, 0.05) is 29.2 Å². The molecule has 1 aliphatic heterocycles. The molecule has 0 saturated heterocycles. The Morgan fingerprint density at radius 1 is 1.23 bits per heavy atom. The summed E-state index contributed by atoms with van der Waals surface area (Å²) in [6, 6.07) is 4.93. The van der Waals surface area contributed by atoms with Crippen LogP contribution in [-0.4, -0.2) is 18.4 Å². The lowest BCUT2D eigenvalue weighted by Gasteiger charge is -2.33. The Hall–Kier alpha value is -2.61. The van der Waals surface area contributed by atoms with Gasteiger partial charge in [0.1, 0.15) is 4.88 Å². The van der Waals surface area contributed by atoms with Crippen LogP contribution in [0, 0.1) is 6.92 Å². The summed E-state index contributed by atoms with van der Waals surface area (Å²) in [4.78, 5) is 25.7. The zero-order valence-electron chi connectivity index (χ0n) is 16.5. The van der Waals surface area contributed by atoms with Crippen molar-refractivity contribution in [2.75, 3.05) is 11.9 Å². The molecule has 0 fully saturated rings. The lowest BCUT2D eigenvalue weighted by atomic mass is 9.75. The van der Waals surface area contributed by atoms with E-state index in [4.69, 9.17) is 4.74 Å². The number of benzene rings is 1. The maximum atomic E-state index is 13.0. The maximum Gasteiger partial charge on any atom is 0.416 e. The Kier molecular flexibility index (Phi) is 5.22. The van der Waals surface area contributed by atoms with Crippen LogP contribution in [-0.2, 0) is 15.7 Å². The zero-order chi connectivity index (χ0) is 21.6. The fourth-order valence-corrected chi connectivity index (χ4v) is 5.33. The molecular formula is C22H20F3NO3S. The van der Waals surface area contributed by atoms with E-state index in [1.54, 1.807) is 13.8 Å². The van der Waals surface area contributed by atoms with E-state index in [2.05, 4.69) is 5.32 Å². The molecule has 0 saturated carbocycles. The molecule has 158 valence electrons. The summed E-state index contributed by atoms with van der Waals surface area (Å²) in [5.41, 5.74) is 2.70. The van der Waals surface area contributed by atoms with Crippen LogP contribution in [0.5, 0.6) is 0 Å². The smallest absolute Gasteiger partial charge is 0.416 e. The van der Waals surface area contributed by atoms with E-state index in [1.807, 2.05) is 0 Å². The average molecular weight is 435 g/mol. The van der Waals surface area contributed by atoms with E-state index in [0.29, 0.717) is 34.4 Å². The van der Waals surface area contributed by atoms with E-state index in [1.165, 1.54) is 23.5 Å². The number of anilines is 1. The molecule has 0 spiro atoms. The van der Waals surface area contributed by atoms with Crippen molar-refractivity contribution in [1.29, 1.82) is 0 Å². The Bertz CT molecular complexity index is 1050. The molecule has 8 heteroatoms. The molecule has 2 heterocycles. The summed E-state index contributed by atoms with van der Waals surface area (Å²) < 4.78 is 44.3. The number of thiophene rings is 1. The van der Waals surface area contributed by atoms with Crippen LogP contribution in [0.4, 0.5) is 18.2 Å². The van der Waals surface area contributed by atoms with Crippen LogP contribution in [0.2, 0.25) is 0 Å². The lowest BCUT2D eigenvalue weighted by Crippen LogP contribution is -2.26. The number of rotatable bonds is 3. The molecule has 1 aromatic heterocycles. The molecule has 1 atom stereocenters. The van der Waals surface area contributed by atoms with Crippen molar-refractivity contribution in [3.63, 3.8) is 0 Å². The summed E-state index contributed by atoms with van der Waals surface area (Å²) in [7, 11) is 0. The van der Waals surface area contributed by atoms with Gasteiger partial charge in [-0.3, -0.25) is 4.79 Å². The summed E-state index contributed by atoms with van der Waals surface area (Å²) in [5, 5.41) is 4.06. The van der Waals surface area contributed by atoms with Gasteiger partial charge in [-0.25, -0.2) is 4.79 Å². The number of alkyl halides is 3. The van der Waals surface area contributed by atoms with Crippen molar-refractivity contribution < 1.29 is 27.5 Å². The Balaban J connectivity index is 1.87. The Morgan fingerprint density at radius 3 is 2.57 bits per heavy atom. The summed E-state index contributed by atoms with van der Waals surface area (Å²) in [6.45, 7) is 3.76. The first-order valence-corrected chi connectivity index (χ1v) is 10.5. The highest BCUT2D eigenvalue weighted by Gasteiger charge is 2.39. The van der Waals surface area contributed by atoms with Gasteiger partial charge in [-0.15, -0.1) is 11.3 Å². The minimum atomic E-state index is -4.43. The fourth-order valence-electron chi connectivity index (χ4n) is 4.17. The minimum absolute atomic E-state index is 0.0115. The van der Waals surface area contributed by atoms with Crippen LogP contribution in [0.15, 0.2) is 35.5 Å². The third kappa shape index (κ3) is 3.43. The first-order chi connectivity index (χ1) is 14.2. The molecule has 0 amide bonds. The van der Waals surface area contributed by atoms with E-state index < -0.39 is 23.6 Å². The molecule has 1 N–H and O–H groups in total. The van der Waals surface area contributed by atoms with Crippen LogP contribution in [0.1, 0.15) is 64.0 Å². The van der Waals surface area contributed by atoms with Crippen molar-refractivity contribution in [2.45, 2.75) is 45.2 Å². The normalized spacial score (nSPS) is 18.6. The van der Waals surface area contributed by atoms with Crippen LogP contribution >= 0.6 is 11.3 Å². The van der Waals surface area contributed by atoms with Gasteiger partial charge < -0.3 is 10.1 Å². The molecule has 2 aliphatic rings. The van der Waals surface area contributed by atoms with Gasteiger partial charge in [0.2, 0.25) is 0 Å². The molecule has 30 heavy (non-hydrogen) atoms. The predicted molar refractivity (Wildman–Crippen MR) is 108 cm³/mol. The number of hydrogen-bond acceptors (Lipinski definition) is 5. The van der Waals surface area contributed by atoms with Crippen molar-refractivity contribution >= 4 is 28.1 Å². The SMILES string of the molecule is CCOC(=O)c1sc2c(c1C)C(c1ccc(C(F)(F)F)cc1)C1=C(CCCC1=O)N2. The van der Waals surface area contributed by atoms with Crippen LogP contribution in [0.25, 0.3) is 0 Å². The predicted octanol–water partition coefficient (Wildman–Crippen LogP) is 5.82. The van der Waals surface area contributed by atoms with Gasteiger partial charge in [-0.1, -0.05) is 12.1 Å². The Labute approximate surface area is 175 Å². The third-order valence-corrected chi connectivity index (χ3v) is 6.73. The second kappa shape index (κ2) is 7.58. The average Bonchev–Trinajstić information content (AvgIpc) is 3.03. The topological polar surface area (TPSA) is 55.4 Å². The van der Waals surface area contributed by atoms with E-state index in [0.717, 1.165) is 34.8 Å². The first kappa shape index (κ1) is 20.7. The van der Waals surface area contributed by atoms with E-state index >= 15 is 0 Å². The summed E-state index contributed by atoms with van der Waals surface area (Å²) in [6.07, 6.45) is -2.63. The number of nitrogens with one attached hydrogen (secondary N) is 1. The highest BCUT2D eigenvalue weighted by atomic mass is 32.1. The van der Waals surface area contributed by atoms with Crippen molar-refractivity contribution in [2.24, 2.45) is 0 Å². The number of hydrogen-bond donors (Lipinski definition) is 1. The van der Waals surface area contributed by atoms with Crippen molar-refractivity contribution in [3.8, 4) is 0 Å². The van der Waals surface area contributed by atoms with E-state index in [9.17, 15) is 22.8 Å². The molecule has 4 nitrogen and oxygen atoms in total. The monoisotopic (exact) mass is 435 g/mol. The summed E-state index contributed by atoms with van der Waals surface area (Å²) in [5.74, 6) is -0.958. The lowest BCUT2D eigenvalue weighted by molar-refractivity contribution is -0.137. The fraction of sp³-hybridized carbons (Fsp3) is 0.364. The number of carbonyl (C=O) groups excluding carboxylic acids is 2. The first-order valence-electron chi connectivity index (χ1n) is 9.73. The van der Waals surface area contributed by atoms with Gasteiger partial charge in [0.05, 0.1) is 17.2 Å². The number of halogens is 3. The quantitative estimate of drug-likeness (QED) is 0.618. The Morgan fingerprint density at radius 2 is 1.93 bits per heavy atom. The molecule has 0 bridgehead atoms. The van der Waals surface area contributed by atoms with Crippen molar-refractivity contribution in [1.82, 2.24) is 0 Å². The second-order valence-electron chi connectivity index (χ2n) is 7.37.